The van der Waals surface area contributed by atoms with E-state index in [1.54, 1.807) is 12.3 Å². The SMILES string of the molecule is COC(=O)[C@@H](Cc1c[nH]c2ccccc12)NS(=O)(=O)c1cccc2nonc12. The maximum atomic E-state index is 12.9. The molecule has 0 saturated heterocycles. The van der Waals surface area contributed by atoms with Crippen LogP contribution in [-0.4, -0.2) is 42.8 Å². The Morgan fingerprint density at radius 2 is 2.04 bits per heavy atom. The van der Waals surface area contributed by atoms with Crippen molar-refractivity contribution in [3.05, 3.63) is 54.2 Å². The molecule has 28 heavy (non-hydrogen) atoms. The Balaban J connectivity index is 1.68. The lowest BCUT2D eigenvalue weighted by molar-refractivity contribution is -0.142. The monoisotopic (exact) mass is 400 g/mol. The summed E-state index contributed by atoms with van der Waals surface area (Å²) >= 11 is 0. The van der Waals surface area contributed by atoms with Gasteiger partial charge < -0.3 is 9.72 Å². The van der Waals surface area contributed by atoms with Crippen molar-refractivity contribution in [1.29, 1.82) is 0 Å². The first-order valence-corrected chi connectivity index (χ1v) is 9.84. The molecule has 0 aliphatic rings. The van der Waals surface area contributed by atoms with Crippen LogP contribution in [0, 0.1) is 0 Å². The largest absolute Gasteiger partial charge is 0.468 e. The first-order chi connectivity index (χ1) is 13.5. The molecular formula is C18H16N4O5S. The Kier molecular flexibility index (Phi) is 4.57. The van der Waals surface area contributed by atoms with Crippen LogP contribution in [-0.2, 0) is 26.0 Å². The van der Waals surface area contributed by atoms with Crippen molar-refractivity contribution in [2.24, 2.45) is 0 Å². The molecule has 9 nitrogen and oxygen atoms in total. The predicted molar refractivity (Wildman–Crippen MR) is 99.9 cm³/mol. The summed E-state index contributed by atoms with van der Waals surface area (Å²) in [6.07, 6.45) is 1.86. The summed E-state index contributed by atoms with van der Waals surface area (Å²) in [6.45, 7) is 0. The number of H-pyrrole nitrogens is 1. The molecule has 4 aromatic rings. The van der Waals surface area contributed by atoms with Crippen LogP contribution < -0.4 is 4.72 Å². The molecule has 0 saturated carbocycles. The molecule has 0 spiro atoms. The van der Waals surface area contributed by atoms with Gasteiger partial charge in [-0.05, 0) is 34.1 Å². The normalized spacial score (nSPS) is 13.0. The Hall–Kier alpha value is -3.24. The van der Waals surface area contributed by atoms with Gasteiger partial charge in [-0.25, -0.2) is 13.0 Å². The number of sulfonamides is 1. The quantitative estimate of drug-likeness (QED) is 0.472. The van der Waals surface area contributed by atoms with Crippen LogP contribution in [0.4, 0.5) is 0 Å². The van der Waals surface area contributed by atoms with Gasteiger partial charge in [-0.3, -0.25) is 4.79 Å². The van der Waals surface area contributed by atoms with Crippen molar-refractivity contribution in [2.45, 2.75) is 17.4 Å². The number of esters is 1. The highest BCUT2D eigenvalue weighted by molar-refractivity contribution is 7.89. The number of benzene rings is 2. The van der Waals surface area contributed by atoms with Crippen LogP contribution in [0.25, 0.3) is 21.9 Å². The minimum Gasteiger partial charge on any atom is -0.468 e. The van der Waals surface area contributed by atoms with E-state index in [4.69, 9.17) is 4.74 Å². The maximum absolute atomic E-state index is 12.9. The van der Waals surface area contributed by atoms with E-state index in [1.807, 2.05) is 24.3 Å². The van der Waals surface area contributed by atoms with Gasteiger partial charge in [-0.15, -0.1) is 0 Å². The van der Waals surface area contributed by atoms with E-state index in [0.717, 1.165) is 16.5 Å². The van der Waals surface area contributed by atoms with Crippen molar-refractivity contribution in [3.8, 4) is 0 Å². The zero-order valence-electron chi connectivity index (χ0n) is 14.7. The molecule has 0 amide bonds. The summed E-state index contributed by atoms with van der Waals surface area (Å²) in [5, 5.41) is 8.19. The van der Waals surface area contributed by atoms with Crippen LogP contribution in [0.5, 0.6) is 0 Å². The highest BCUT2D eigenvalue weighted by Crippen LogP contribution is 2.22. The van der Waals surface area contributed by atoms with Gasteiger partial charge in [0, 0.05) is 23.5 Å². The Morgan fingerprint density at radius 1 is 1.21 bits per heavy atom. The fourth-order valence-electron chi connectivity index (χ4n) is 3.08. The molecule has 0 aliphatic heterocycles. The van der Waals surface area contributed by atoms with E-state index in [9.17, 15) is 13.2 Å². The lowest BCUT2D eigenvalue weighted by atomic mass is 10.1. The first-order valence-electron chi connectivity index (χ1n) is 8.36. The topological polar surface area (TPSA) is 127 Å². The molecule has 1 atom stereocenters. The van der Waals surface area contributed by atoms with Crippen molar-refractivity contribution in [3.63, 3.8) is 0 Å². The van der Waals surface area contributed by atoms with E-state index in [1.165, 1.54) is 19.2 Å². The van der Waals surface area contributed by atoms with Crippen LogP contribution >= 0.6 is 0 Å². The van der Waals surface area contributed by atoms with Crippen LogP contribution in [0.2, 0.25) is 0 Å². The summed E-state index contributed by atoms with van der Waals surface area (Å²) in [5.41, 5.74) is 2.07. The molecule has 2 aromatic heterocycles. The molecule has 10 heteroatoms. The first kappa shape index (κ1) is 18.1. The molecular weight excluding hydrogens is 384 g/mol. The van der Waals surface area contributed by atoms with E-state index >= 15 is 0 Å². The summed E-state index contributed by atoms with van der Waals surface area (Å²) < 4.78 is 37.7. The number of aromatic amines is 1. The molecule has 0 unspecified atom stereocenters. The number of para-hydroxylation sites is 1. The fourth-order valence-corrected chi connectivity index (χ4v) is 4.42. The zero-order chi connectivity index (χ0) is 19.7. The number of hydrogen-bond donors (Lipinski definition) is 2. The third-order valence-corrected chi connectivity index (χ3v) is 5.92. The lowest BCUT2D eigenvalue weighted by Crippen LogP contribution is -2.43. The minimum atomic E-state index is -4.09. The van der Waals surface area contributed by atoms with Gasteiger partial charge in [0.15, 0.2) is 5.52 Å². The summed E-state index contributed by atoms with van der Waals surface area (Å²) in [6, 6.07) is 10.9. The van der Waals surface area contributed by atoms with Crippen LogP contribution in [0.1, 0.15) is 5.56 Å². The standard InChI is InChI=1S/C18H16N4O5S/c1-26-18(23)15(9-11-10-19-13-6-3-2-5-12(11)13)22-28(24,25)16-8-4-7-14-17(16)21-27-20-14/h2-8,10,15,19,22H,9H2,1H3/t15-/m1/s1. The fraction of sp³-hybridized carbons (Fsp3) is 0.167. The number of ether oxygens (including phenoxy) is 1. The van der Waals surface area contributed by atoms with Gasteiger partial charge in [-0.2, -0.15) is 4.72 Å². The number of nitrogens with zero attached hydrogens (tertiary/aromatic N) is 2. The molecule has 4 rings (SSSR count). The minimum absolute atomic E-state index is 0.0886. The average Bonchev–Trinajstić information content (AvgIpc) is 3.33. The summed E-state index contributed by atoms with van der Waals surface area (Å²) in [7, 11) is -2.88. The van der Waals surface area contributed by atoms with Crippen LogP contribution in [0.3, 0.4) is 0 Å². The number of fused-ring (bicyclic) bond motifs is 2. The van der Waals surface area contributed by atoms with E-state index in [-0.39, 0.29) is 16.8 Å². The zero-order valence-corrected chi connectivity index (χ0v) is 15.6. The molecule has 144 valence electrons. The number of aromatic nitrogens is 3. The number of nitrogens with one attached hydrogen (secondary N) is 2. The summed E-state index contributed by atoms with van der Waals surface area (Å²) in [4.78, 5) is 15.3. The maximum Gasteiger partial charge on any atom is 0.324 e. The van der Waals surface area contributed by atoms with Crippen LogP contribution in [0.15, 0.2) is 58.2 Å². The number of hydrogen-bond acceptors (Lipinski definition) is 7. The molecule has 0 bridgehead atoms. The molecule has 0 fully saturated rings. The lowest BCUT2D eigenvalue weighted by Gasteiger charge is -2.16. The van der Waals surface area contributed by atoms with Gasteiger partial charge in [0.25, 0.3) is 0 Å². The number of methoxy groups -OCH3 is 1. The highest BCUT2D eigenvalue weighted by atomic mass is 32.2. The van der Waals surface area contributed by atoms with E-state index in [0.29, 0.717) is 5.52 Å². The van der Waals surface area contributed by atoms with Crippen molar-refractivity contribution < 1.29 is 22.6 Å². The molecule has 2 N–H and O–H groups in total. The molecule has 0 aliphatic carbocycles. The van der Waals surface area contributed by atoms with Gasteiger partial charge in [-0.1, -0.05) is 24.3 Å². The van der Waals surface area contributed by atoms with Gasteiger partial charge >= 0.3 is 5.97 Å². The Bertz CT molecular complexity index is 1260. The predicted octanol–water partition coefficient (Wildman–Crippen LogP) is 1.77. The van der Waals surface area contributed by atoms with Gasteiger partial charge in [0.05, 0.1) is 7.11 Å². The molecule has 2 aromatic carbocycles. The third-order valence-electron chi connectivity index (χ3n) is 4.42. The van der Waals surface area contributed by atoms with Crippen molar-refractivity contribution in [2.75, 3.05) is 7.11 Å². The van der Waals surface area contributed by atoms with Crippen molar-refractivity contribution in [1.82, 2.24) is 20.0 Å². The molecule has 2 heterocycles. The third kappa shape index (κ3) is 3.23. The van der Waals surface area contributed by atoms with Gasteiger partial charge in [0.1, 0.15) is 16.5 Å². The average molecular weight is 400 g/mol. The number of rotatable bonds is 6. The number of carbonyl (C=O) groups is 1. The summed E-state index contributed by atoms with van der Waals surface area (Å²) in [5.74, 6) is -0.695. The van der Waals surface area contributed by atoms with E-state index in [2.05, 4.69) is 24.6 Å². The second-order valence-electron chi connectivity index (χ2n) is 6.15. The van der Waals surface area contributed by atoms with E-state index < -0.39 is 22.0 Å². The van der Waals surface area contributed by atoms with Gasteiger partial charge in [0.2, 0.25) is 10.0 Å². The Labute approximate surface area is 159 Å². The smallest absolute Gasteiger partial charge is 0.324 e. The number of carbonyl (C=O) groups excluding carboxylic acids is 1. The second kappa shape index (κ2) is 7.06. The Morgan fingerprint density at radius 3 is 2.86 bits per heavy atom. The molecule has 0 radical (unpaired) electrons. The second-order valence-corrected chi connectivity index (χ2v) is 7.83. The van der Waals surface area contributed by atoms with Crippen molar-refractivity contribution >= 4 is 37.9 Å². The highest BCUT2D eigenvalue weighted by Gasteiger charge is 2.29.